The van der Waals surface area contributed by atoms with Gasteiger partial charge in [0.2, 0.25) is 10.1 Å². The SMILES string of the molecule is CCN(CC)c1nn2c(=O)c(C(=O)NCCc3ccc(Cl)cc3)cnc2s1. The smallest absolute Gasteiger partial charge is 0.288 e. The summed E-state index contributed by atoms with van der Waals surface area (Å²) in [6.07, 6.45) is 1.96. The molecule has 1 amide bonds. The van der Waals surface area contributed by atoms with Crippen LogP contribution in [0.5, 0.6) is 0 Å². The van der Waals surface area contributed by atoms with Gasteiger partial charge in [-0.2, -0.15) is 4.52 Å². The second kappa shape index (κ2) is 8.49. The third-order valence-corrected chi connectivity index (χ3v) is 5.40. The first-order valence-corrected chi connectivity index (χ1v) is 9.89. The van der Waals surface area contributed by atoms with E-state index in [4.69, 9.17) is 11.6 Å². The molecule has 3 aromatic rings. The molecule has 0 spiro atoms. The minimum atomic E-state index is -0.460. The van der Waals surface area contributed by atoms with E-state index in [1.807, 2.05) is 30.9 Å². The van der Waals surface area contributed by atoms with Crippen molar-refractivity contribution in [2.45, 2.75) is 20.3 Å². The predicted molar refractivity (Wildman–Crippen MR) is 108 cm³/mol. The van der Waals surface area contributed by atoms with Gasteiger partial charge in [-0.3, -0.25) is 9.59 Å². The van der Waals surface area contributed by atoms with E-state index in [0.29, 0.717) is 28.1 Å². The number of hydrogen-bond acceptors (Lipinski definition) is 6. The highest BCUT2D eigenvalue weighted by atomic mass is 35.5. The number of halogens is 1. The molecule has 3 rings (SSSR count). The number of nitrogens with zero attached hydrogens (tertiary/aromatic N) is 4. The molecule has 2 heterocycles. The fourth-order valence-electron chi connectivity index (χ4n) is 2.62. The topological polar surface area (TPSA) is 79.6 Å². The standard InChI is InChI=1S/C18H20ClN5O2S/c1-3-23(4-2)18-22-24-16(26)14(11-21-17(24)27-18)15(25)20-10-9-12-5-7-13(19)8-6-12/h5-8,11H,3-4,9-10H2,1-2H3,(H,20,25). The molecule has 0 radical (unpaired) electrons. The van der Waals surface area contributed by atoms with Gasteiger partial charge in [-0.1, -0.05) is 35.1 Å². The second-order valence-corrected chi connectivity index (χ2v) is 7.23. The van der Waals surface area contributed by atoms with Crippen LogP contribution in [0, 0.1) is 0 Å². The van der Waals surface area contributed by atoms with Gasteiger partial charge >= 0.3 is 0 Å². The van der Waals surface area contributed by atoms with E-state index in [-0.39, 0.29) is 5.56 Å². The molecule has 1 N–H and O–H groups in total. The molecule has 0 aliphatic heterocycles. The third kappa shape index (κ3) is 4.28. The van der Waals surface area contributed by atoms with Crippen molar-refractivity contribution in [3.8, 4) is 0 Å². The Morgan fingerprint density at radius 2 is 1.96 bits per heavy atom. The van der Waals surface area contributed by atoms with Gasteiger partial charge in [-0.25, -0.2) is 4.98 Å². The number of rotatable bonds is 7. The van der Waals surface area contributed by atoms with Crippen LogP contribution in [0.15, 0.2) is 35.3 Å². The normalized spacial score (nSPS) is 10.9. The van der Waals surface area contributed by atoms with E-state index in [2.05, 4.69) is 15.4 Å². The number of hydrogen-bond donors (Lipinski definition) is 1. The summed E-state index contributed by atoms with van der Waals surface area (Å²) in [6.45, 7) is 6.01. The van der Waals surface area contributed by atoms with Gasteiger partial charge in [0.05, 0.1) is 0 Å². The maximum absolute atomic E-state index is 12.6. The molecule has 27 heavy (non-hydrogen) atoms. The largest absolute Gasteiger partial charge is 0.351 e. The number of amides is 1. The highest BCUT2D eigenvalue weighted by Crippen LogP contribution is 2.20. The summed E-state index contributed by atoms with van der Waals surface area (Å²) in [5, 5.41) is 8.47. The van der Waals surface area contributed by atoms with E-state index in [9.17, 15) is 9.59 Å². The highest BCUT2D eigenvalue weighted by molar-refractivity contribution is 7.20. The second-order valence-electron chi connectivity index (χ2n) is 5.86. The summed E-state index contributed by atoms with van der Waals surface area (Å²) in [5.74, 6) is -0.451. The molecule has 2 aromatic heterocycles. The summed E-state index contributed by atoms with van der Waals surface area (Å²) >= 11 is 7.19. The average Bonchev–Trinajstić information content (AvgIpc) is 3.09. The first-order valence-electron chi connectivity index (χ1n) is 8.70. The lowest BCUT2D eigenvalue weighted by atomic mass is 10.1. The Morgan fingerprint density at radius 3 is 2.63 bits per heavy atom. The van der Waals surface area contributed by atoms with E-state index < -0.39 is 11.5 Å². The minimum absolute atomic E-state index is 0.0139. The Balaban J connectivity index is 1.73. The van der Waals surface area contributed by atoms with Crippen molar-refractivity contribution in [3.63, 3.8) is 0 Å². The molecule has 7 nitrogen and oxygen atoms in total. The Labute approximate surface area is 165 Å². The van der Waals surface area contributed by atoms with Gasteiger partial charge in [0, 0.05) is 30.9 Å². The van der Waals surface area contributed by atoms with E-state index in [1.54, 1.807) is 12.1 Å². The lowest BCUT2D eigenvalue weighted by Gasteiger charge is -2.15. The lowest BCUT2D eigenvalue weighted by molar-refractivity contribution is 0.0952. The Bertz CT molecular complexity index is 995. The lowest BCUT2D eigenvalue weighted by Crippen LogP contribution is -2.33. The first kappa shape index (κ1) is 19.3. The van der Waals surface area contributed by atoms with Crippen LogP contribution < -0.4 is 15.8 Å². The van der Waals surface area contributed by atoms with Crippen LogP contribution >= 0.6 is 22.9 Å². The number of fused-ring (bicyclic) bond motifs is 1. The fraction of sp³-hybridized carbons (Fsp3) is 0.333. The molecule has 0 atom stereocenters. The summed E-state index contributed by atoms with van der Waals surface area (Å²) in [6, 6.07) is 7.42. The molecule has 1 aromatic carbocycles. The van der Waals surface area contributed by atoms with Gasteiger partial charge in [-0.05, 0) is 38.0 Å². The molecule has 0 unspecified atom stereocenters. The van der Waals surface area contributed by atoms with Crippen molar-refractivity contribution in [2.24, 2.45) is 0 Å². The number of nitrogens with one attached hydrogen (secondary N) is 1. The zero-order valence-corrected chi connectivity index (χ0v) is 16.7. The molecule has 0 bridgehead atoms. The van der Waals surface area contributed by atoms with Gasteiger partial charge in [-0.15, -0.1) is 5.10 Å². The quantitative estimate of drug-likeness (QED) is 0.653. The van der Waals surface area contributed by atoms with Crippen LogP contribution in [0.1, 0.15) is 29.8 Å². The van der Waals surface area contributed by atoms with Crippen molar-refractivity contribution in [3.05, 3.63) is 57.0 Å². The summed E-state index contributed by atoms with van der Waals surface area (Å²) in [7, 11) is 0. The highest BCUT2D eigenvalue weighted by Gasteiger charge is 2.17. The van der Waals surface area contributed by atoms with Crippen molar-refractivity contribution in [1.29, 1.82) is 0 Å². The summed E-state index contributed by atoms with van der Waals surface area (Å²) < 4.78 is 1.20. The maximum atomic E-state index is 12.6. The number of carbonyl (C=O) groups excluding carboxylic acids is 1. The van der Waals surface area contributed by atoms with E-state index >= 15 is 0 Å². The molecule has 0 saturated carbocycles. The first-order chi connectivity index (χ1) is 13.0. The number of benzene rings is 1. The number of carbonyl (C=O) groups is 1. The molecule has 0 aliphatic carbocycles. The van der Waals surface area contributed by atoms with Gasteiger partial charge in [0.1, 0.15) is 5.56 Å². The molecular weight excluding hydrogens is 386 g/mol. The maximum Gasteiger partial charge on any atom is 0.288 e. The van der Waals surface area contributed by atoms with Crippen LogP contribution in [0.2, 0.25) is 5.02 Å². The molecule has 9 heteroatoms. The molecule has 0 fully saturated rings. The van der Waals surface area contributed by atoms with Crippen LogP contribution in [0.3, 0.4) is 0 Å². The van der Waals surface area contributed by atoms with E-state index in [1.165, 1.54) is 22.0 Å². The van der Waals surface area contributed by atoms with Gasteiger partial charge in [0.25, 0.3) is 11.5 Å². The molecule has 0 aliphatic rings. The van der Waals surface area contributed by atoms with Crippen molar-refractivity contribution < 1.29 is 4.79 Å². The number of aromatic nitrogens is 3. The summed E-state index contributed by atoms with van der Waals surface area (Å²) in [4.78, 5) is 31.7. The van der Waals surface area contributed by atoms with Crippen molar-refractivity contribution in [2.75, 3.05) is 24.5 Å². The molecule has 142 valence electrons. The molecule has 0 saturated heterocycles. The van der Waals surface area contributed by atoms with Crippen molar-refractivity contribution in [1.82, 2.24) is 19.9 Å². The molecular formula is C18H20ClN5O2S. The Kier molecular flexibility index (Phi) is 6.08. The summed E-state index contributed by atoms with van der Waals surface area (Å²) in [5.41, 5.74) is 0.576. The Morgan fingerprint density at radius 1 is 1.26 bits per heavy atom. The van der Waals surface area contributed by atoms with Crippen LogP contribution in [0.4, 0.5) is 5.13 Å². The zero-order valence-electron chi connectivity index (χ0n) is 15.1. The number of anilines is 1. The van der Waals surface area contributed by atoms with E-state index in [0.717, 1.165) is 18.7 Å². The third-order valence-electron chi connectivity index (χ3n) is 4.17. The average molecular weight is 406 g/mol. The minimum Gasteiger partial charge on any atom is -0.351 e. The predicted octanol–water partition coefficient (Wildman–Crippen LogP) is 2.62. The van der Waals surface area contributed by atoms with Crippen LogP contribution in [-0.4, -0.2) is 40.1 Å². The monoisotopic (exact) mass is 405 g/mol. The van der Waals surface area contributed by atoms with Crippen LogP contribution in [0.25, 0.3) is 4.96 Å². The van der Waals surface area contributed by atoms with Crippen molar-refractivity contribution >= 4 is 38.9 Å². The Hall–Kier alpha value is -2.45. The van der Waals surface area contributed by atoms with Gasteiger partial charge in [0.15, 0.2) is 0 Å². The van der Waals surface area contributed by atoms with Gasteiger partial charge < -0.3 is 10.2 Å². The van der Waals surface area contributed by atoms with Crippen LogP contribution in [-0.2, 0) is 6.42 Å². The zero-order chi connectivity index (χ0) is 19.4. The fourth-order valence-corrected chi connectivity index (χ4v) is 3.74.